The number of aromatic nitrogens is 2. The van der Waals surface area contributed by atoms with Crippen molar-refractivity contribution in [3.05, 3.63) is 53.6 Å². The number of rotatable bonds is 2. The molecule has 0 radical (unpaired) electrons. The standard InChI is InChI=1S/C16H16F4N4O/c17-14-3-1-2-12(8-14)10-22-4-6-23(7-5-22)15(25)24-11-13(9-21-24)16(18,19)20/h1-3,8-9,11H,4-7,10H2. The van der Waals surface area contributed by atoms with Crippen molar-refractivity contribution in [2.45, 2.75) is 12.7 Å². The summed E-state index contributed by atoms with van der Waals surface area (Å²) >= 11 is 0. The molecule has 5 nitrogen and oxygen atoms in total. The minimum Gasteiger partial charge on any atom is -0.320 e. The van der Waals surface area contributed by atoms with Crippen molar-refractivity contribution in [2.75, 3.05) is 26.2 Å². The highest BCUT2D eigenvalue weighted by molar-refractivity contribution is 5.76. The van der Waals surface area contributed by atoms with Gasteiger partial charge in [-0.2, -0.15) is 23.0 Å². The highest BCUT2D eigenvalue weighted by Gasteiger charge is 2.33. The first kappa shape index (κ1) is 17.4. The second-order valence-corrected chi connectivity index (χ2v) is 5.85. The van der Waals surface area contributed by atoms with E-state index in [0.29, 0.717) is 49.8 Å². The average molecular weight is 356 g/mol. The Balaban J connectivity index is 1.56. The van der Waals surface area contributed by atoms with Gasteiger partial charge in [-0.15, -0.1) is 0 Å². The number of carbonyl (C=O) groups is 1. The zero-order valence-electron chi connectivity index (χ0n) is 13.2. The van der Waals surface area contributed by atoms with E-state index in [-0.39, 0.29) is 5.82 Å². The molecule has 0 N–H and O–H groups in total. The van der Waals surface area contributed by atoms with Crippen LogP contribution in [-0.4, -0.2) is 51.8 Å². The Labute approximate surface area is 141 Å². The largest absolute Gasteiger partial charge is 0.419 e. The Kier molecular flexibility index (Phi) is 4.76. The molecule has 1 amide bonds. The third-order valence-corrected chi connectivity index (χ3v) is 4.04. The van der Waals surface area contributed by atoms with Crippen molar-refractivity contribution in [3.8, 4) is 0 Å². The molecule has 1 aliphatic heterocycles. The lowest BCUT2D eigenvalue weighted by atomic mass is 10.2. The van der Waals surface area contributed by atoms with E-state index in [1.54, 1.807) is 6.07 Å². The van der Waals surface area contributed by atoms with Gasteiger partial charge in [0.2, 0.25) is 0 Å². The van der Waals surface area contributed by atoms with Gasteiger partial charge in [0.05, 0.1) is 11.8 Å². The lowest BCUT2D eigenvalue weighted by Gasteiger charge is -2.34. The molecule has 1 aliphatic rings. The lowest BCUT2D eigenvalue weighted by molar-refractivity contribution is -0.137. The molecule has 0 unspecified atom stereocenters. The van der Waals surface area contributed by atoms with E-state index in [4.69, 9.17) is 0 Å². The average Bonchev–Trinajstić information content (AvgIpc) is 3.05. The molecular weight excluding hydrogens is 340 g/mol. The molecule has 25 heavy (non-hydrogen) atoms. The SMILES string of the molecule is O=C(N1CCN(Cc2cccc(F)c2)CC1)n1cc(C(F)(F)F)cn1. The maximum Gasteiger partial charge on any atom is 0.419 e. The smallest absolute Gasteiger partial charge is 0.320 e. The predicted octanol–water partition coefficient (Wildman–Crippen LogP) is 2.83. The van der Waals surface area contributed by atoms with Crippen LogP contribution < -0.4 is 0 Å². The third kappa shape index (κ3) is 4.16. The maximum atomic E-state index is 13.2. The second kappa shape index (κ2) is 6.83. The third-order valence-electron chi connectivity index (χ3n) is 4.04. The Morgan fingerprint density at radius 2 is 1.88 bits per heavy atom. The van der Waals surface area contributed by atoms with E-state index in [1.807, 2.05) is 6.07 Å². The Hall–Kier alpha value is -2.42. The quantitative estimate of drug-likeness (QED) is 0.777. The highest BCUT2D eigenvalue weighted by atomic mass is 19.4. The molecule has 0 spiro atoms. The number of alkyl halides is 3. The summed E-state index contributed by atoms with van der Waals surface area (Å²) in [5.41, 5.74) is -0.118. The van der Waals surface area contributed by atoms with Crippen LogP contribution in [0.25, 0.3) is 0 Å². The van der Waals surface area contributed by atoms with E-state index >= 15 is 0 Å². The number of carbonyl (C=O) groups excluding carboxylic acids is 1. The molecule has 2 aromatic rings. The van der Waals surface area contributed by atoms with Gasteiger partial charge in [0.15, 0.2) is 0 Å². The van der Waals surface area contributed by atoms with E-state index in [0.717, 1.165) is 5.56 Å². The van der Waals surface area contributed by atoms with Gasteiger partial charge in [-0.3, -0.25) is 4.90 Å². The molecule has 0 bridgehead atoms. The van der Waals surface area contributed by atoms with E-state index < -0.39 is 17.8 Å². The van der Waals surface area contributed by atoms with E-state index in [9.17, 15) is 22.4 Å². The highest BCUT2D eigenvalue weighted by Crippen LogP contribution is 2.28. The first-order valence-corrected chi connectivity index (χ1v) is 7.71. The number of benzene rings is 1. The van der Waals surface area contributed by atoms with Crippen molar-refractivity contribution < 1.29 is 22.4 Å². The molecule has 0 saturated carbocycles. The van der Waals surface area contributed by atoms with Crippen LogP contribution in [0.15, 0.2) is 36.7 Å². The molecule has 1 saturated heterocycles. The van der Waals surface area contributed by atoms with E-state index in [1.165, 1.54) is 17.0 Å². The fraction of sp³-hybridized carbons (Fsp3) is 0.375. The van der Waals surface area contributed by atoms with Gasteiger partial charge in [0, 0.05) is 38.9 Å². The minimum absolute atomic E-state index is 0.300. The molecule has 1 aromatic carbocycles. The zero-order chi connectivity index (χ0) is 18.0. The Bertz CT molecular complexity index is 751. The molecule has 134 valence electrons. The van der Waals surface area contributed by atoms with Crippen molar-refractivity contribution in [2.24, 2.45) is 0 Å². The normalized spacial score (nSPS) is 16.2. The molecule has 3 rings (SSSR count). The van der Waals surface area contributed by atoms with Crippen molar-refractivity contribution in [3.63, 3.8) is 0 Å². The van der Waals surface area contributed by atoms with E-state index in [2.05, 4.69) is 10.00 Å². The summed E-state index contributed by atoms with van der Waals surface area (Å²) in [6.45, 7) is 2.40. The first-order chi connectivity index (χ1) is 11.8. The summed E-state index contributed by atoms with van der Waals surface area (Å²) < 4.78 is 51.7. The monoisotopic (exact) mass is 356 g/mol. The van der Waals surface area contributed by atoms with Crippen LogP contribution in [-0.2, 0) is 12.7 Å². The summed E-state index contributed by atoms with van der Waals surface area (Å²) in [4.78, 5) is 15.8. The molecule has 9 heteroatoms. The molecule has 0 aliphatic carbocycles. The molecule has 2 heterocycles. The van der Waals surface area contributed by atoms with Crippen LogP contribution in [0.5, 0.6) is 0 Å². The van der Waals surface area contributed by atoms with Gasteiger partial charge in [0.25, 0.3) is 0 Å². The van der Waals surface area contributed by atoms with Crippen LogP contribution in [0.2, 0.25) is 0 Å². The zero-order valence-corrected chi connectivity index (χ0v) is 13.2. The van der Waals surface area contributed by atoms with Crippen LogP contribution in [0.4, 0.5) is 22.4 Å². The second-order valence-electron chi connectivity index (χ2n) is 5.85. The number of amides is 1. The summed E-state index contributed by atoms with van der Waals surface area (Å²) in [7, 11) is 0. The van der Waals surface area contributed by atoms with Crippen molar-refractivity contribution >= 4 is 6.03 Å². The fourth-order valence-electron chi connectivity index (χ4n) is 2.71. The maximum absolute atomic E-state index is 13.2. The number of hydrogen-bond donors (Lipinski definition) is 0. The first-order valence-electron chi connectivity index (χ1n) is 7.71. The molecule has 0 atom stereocenters. The van der Waals surface area contributed by atoms with Crippen LogP contribution >= 0.6 is 0 Å². The van der Waals surface area contributed by atoms with Crippen LogP contribution in [0, 0.1) is 5.82 Å². The Morgan fingerprint density at radius 1 is 1.16 bits per heavy atom. The summed E-state index contributed by atoms with van der Waals surface area (Å²) in [6.07, 6.45) is -3.19. The number of nitrogens with zero attached hydrogens (tertiary/aromatic N) is 4. The summed E-state index contributed by atoms with van der Waals surface area (Å²) in [5.74, 6) is -0.300. The minimum atomic E-state index is -4.53. The number of halogens is 4. The van der Waals surface area contributed by atoms with Gasteiger partial charge in [-0.25, -0.2) is 9.18 Å². The molecule has 1 aromatic heterocycles. The van der Waals surface area contributed by atoms with Gasteiger partial charge < -0.3 is 4.90 Å². The predicted molar refractivity (Wildman–Crippen MR) is 81.3 cm³/mol. The van der Waals surface area contributed by atoms with Crippen LogP contribution in [0.1, 0.15) is 11.1 Å². The summed E-state index contributed by atoms with van der Waals surface area (Å²) in [5, 5.41) is 3.50. The summed E-state index contributed by atoms with van der Waals surface area (Å²) in [6, 6.07) is 5.71. The number of hydrogen-bond acceptors (Lipinski definition) is 3. The molecule has 1 fully saturated rings. The molecular formula is C16H16F4N4O. The van der Waals surface area contributed by atoms with Gasteiger partial charge in [-0.1, -0.05) is 12.1 Å². The van der Waals surface area contributed by atoms with Gasteiger partial charge in [-0.05, 0) is 17.7 Å². The van der Waals surface area contributed by atoms with Crippen LogP contribution in [0.3, 0.4) is 0 Å². The van der Waals surface area contributed by atoms with Gasteiger partial charge >= 0.3 is 12.2 Å². The van der Waals surface area contributed by atoms with Crippen molar-refractivity contribution in [1.29, 1.82) is 0 Å². The van der Waals surface area contributed by atoms with Crippen molar-refractivity contribution in [1.82, 2.24) is 19.6 Å². The number of piperazine rings is 1. The fourth-order valence-corrected chi connectivity index (χ4v) is 2.71. The van der Waals surface area contributed by atoms with Gasteiger partial charge in [0.1, 0.15) is 5.82 Å². The lowest BCUT2D eigenvalue weighted by Crippen LogP contribution is -2.49. The topological polar surface area (TPSA) is 41.4 Å². The Morgan fingerprint density at radius 3 is 2.48 bits per heavy atom.